The Morgan fingerprint density at radius 1 is 0.833 bits per heavy atom. The standard InChI is InChI=1S/C32H32ClN3O5S/c1-3-34-32(38)24(2)35(22-25-12-10-11-17-30(25)33)31(37)23-36(42(39,40)29-15-8-5-9-16-29)26-18-20-28(21-19-26)41-27-13-6-4-7-14-27/h4-21,24H,3,22-23H2,1-2H3,(H,34,38). The quantitative estimate of drug-likeness (QED) is 0.218. The molecular formula is C32H32ClN3O5S. The first-order valence-corrected chi connectivity index (χ1v) is 15.2. The Hall–Kier alpha value is -4.34. The summed E-state index contributed by atoms with van der Waals surface area (Å²) in [5.74, 6) is 0.192. The Balaban J connectivity index is 1.69. The highest BCUT2D eigenvalue weighted by molar-refractivity contribution is 7.92. The number of carbonyl (C=O) groups excluding carboxylic acids is 2. The molecule has 0 heterocycles. The van der Waals surface area contributed by atoms with Crippen molar-refractivity contribution in [1.29, 1.82) is 0 Å². The largest absolute Gasteiger partial charge is 0.457 e. The van der Waals surface area contributed by atoms with E-state index in [9.17, 15) is 18.0 Å². The third-order valence-corrected chi connectivity index (χ3v) is 8.69. The molecule has 10 heteroatoms. The van der Waals surface area contributed by atoms with Gasteiger partial charge in [0.05, 0.1) is 10.6 Å². The van der Waals surface area contributed by atoms with Crippen LogP contribution in [0.25, 0.3) is 0 Å². The van der Waals surface area contributed by atoms with E-state index < -0.39 is 28.5 Å². The number of para-hydroxylation sites is 1. The molecule has 0 radical (unpaired) electrons. The van der Waals surface area contributed by atoms with E-state index >= 15 is 0 Å². The third kappa shape index (κ3) is 7.48. The Morgan fingerprint density at radius 3 is 2.02 bits per heavy atom. The van der Waals surface area contributed by atoms with Crippen molar-refractivity contribution in [3.8, 4) is 11.5 Å². The Labute approximate surface area is 251 Å². The van der Waals surface area contributed by atoms with Gasteiger partial charge in [-0.25, -0.2) is 8.42 Å². The van der Waals surface area contributed by atoms with Crippen LogP contribution in [0.15, 0.2) is 114 Å². The van der Waals surface area contributed by atoms with Crippen LogP contribution in [0, 0.1) is 0 Å². The molecule has 0 aliphatic carbocycles. The molecule has 4 aromatic rings. The van der Waals surface area contributed by atoms with Crippen molar-refractivity contribution < 1.29 is 22.7 Å². The molecule has 8 nitrogen and oxygen atoms in total. The molecule has 1 atom stereocenters. The number of hydrogen-bond donors (Lipinski definition) is 1. The van der Waals surface area contributed by atoms with Gasteiger partial charge in [0.25, 0.3) is 10.0 Å². The van der Waals surface area contributed by atoms with Gasteiger partial charge in [-0.1, -0.05) is 66.2 Å². The van der Waals surface area contributed by atoms with Gasteiger partial charge >= 0.3 is 0 Å². The number of sulfonamides is 1. The molecule has 2 amide bonds. The number of hydrogen-bond acceptors (Lipinski definition) is 5. The molecule has 42 heavy (non-hydrogen) atoms. The summed E-state index contributed by atoms with van der Waals surface area (Å²) in [6.45, 7) is 3.23. The molecule has 0 fully saturated rings. The van der Waals surface area contributed by atoms with Gasteiger partial charge < -0.3 is 15.0 Å². The second-order valence-corrected chi connectivity index (χ2v) is 11.7. The number of likely N-dealkylation sites (N-methyl/N-ethyl adjacent to an activating group) is 1. The Bertz CT molecular complexity index is 1600. The van der Waals surface area contributed by atoms with Gasteiger partial charge in [0.2, 0.25) is 11.8 Å². The minimum absolute atomic E-state index is 0.0138. The van der Waals surface area contributed by atoms with E-state index in [0.717, 1.165) is 4.31 Å². The normalized spacial score (nSPS) is 11.8. The van der Waals surface area contributed by atoms with Crippen molar-refractivity contribution in [2.45, 2.75) is 31.3 Å². The predicted octanol–water partition coefficient (Wildman–Crippen LogP) is 5.88. The van der Waals surface area contributed by atoms with Crippen molar-refractivity contribution in [3.05, 3.63) is 120 Å². The summed E-state index contributed by atoms with van der Waals surface area (Å²) in [7, 11) is -4.17. The highest BCUT2D eigenvalue weighted by atomic mass is 35.5. The number of ether oxygens (including phenoxy) is 1. The van der Waals surface area contributed by atoms with Crippen LogP contribution in [-0.4, -0.2) is 44.3 Å². The van der Waals surface area contributed by atoms with E-state index in [-0.39, 0.29) is 23.0 Å². The Kier molecular flexibility index (Phi) is 10.2. The topological polar surface area (TPSA) is 96.0 Å². The first-order chi connectivity index (χ1) is 20.2. The number of nitrogens with one attached hydrogen (secondary N) is 1. The van der Waals surface area contributed by atoms with Crippen LogP contribution in [0.5, 0.6) is 11.5 Å². The first kappa shape index (κ1) is 30.6. The number of rotatable bonds is 12. The molecule has 218 valence electrons. The number of carbonyl (C=O) groups is 2. The van der Waals surface area contributed by atoms with Crippen molar-refractivity contribution in [2.24, 2.45) is 0 Å². The summed E-state index contributed by atoms with van der Waals surface area (Å²) >= 11 is 6.39. The highest BCUT2D eigenvalue weighted by Gasteiger charge is 2.32. The van der Waals surface area contributed by atoms with Gasteiger partial charge in [-0.3, -0.25) is 13.9 Å². The van der Waals surface area contributed by atoms with E-state index in [4.69, 9.17) is 16.3 Å². The lowest BCUT2D eigenvalue weighted by molar-refractivity contribution is -0.139. The van der Waals surface area contributed by atoms with Gasteiger partial charge in [-0.05, 0) is 74.0 Å². The number of amides is 2. The summed E-state index contributed by atoms with van der Waals surface area (Å²) < 4.78 is 34.7. The molecule has 0 aromatic heterocycles. The second-order valence-electron chi connectivity index (χ2n) is 9.42. The SMILES string of the molecule is CCNC(=O)C(C)N(Cc1ccccc1Cl)C(=O)CN(c1ccc(Oc2ccccc2)cc1)S(=O)(=O)c1ccccc1. The van der Waals surface area contributed by atoms with Gasteiger partial charge in [0.1, 0.15) is 24.1 Å². The summed E-state index contributed by atoms with van der Waals surface area (Å²) in [6, 6.07) is 29.6. The predicted molar refractivity (Wildman–Crippen MR) is 164 cm³/mol. The summed E-state index contributed by atoms with van der Waals surface area (Å²) in [4.78, 5) is 28.2. The minimum atomic E-state index is -4.17. The number of benzene rings is 4. The molecule has 0 spiro atoms. The maximum atomic E-state index is 14.0. The molecule has 0 saturated carbocycles. The van der Waals surface area contributed by atoms with Crippen LogP contribution in [0.1, 0.15) is 19.4 Å². The van der Waals surface area contributed by atoms with Crippen molar-refractivity contribution in [3.63, 3.8) is 0 Å². The van der Waals surface area contributed by atoms with Crippen LogP contribution in [0.2, 0.25) is 5.02 Å². The third-order valence-electron chi connectivity index (χ3n) is 6.53. The molecule has 1 N–H and O–H groups in total. The maximum Gasteiger partial charge on any atom is 0.264 e. The fourth-order valence-electron chi connectivity index (χ4n) is 4.27. The van der Waals surface area contributed by atoms with Crippen LogP contribution in [0.4, 0.5) is 5.69 Å². The summed E-state index contributed by atoms with van der Waals surface area (Å²) in [5.41, 5.74) is 0.888. The average molecular weight is 606 g/mol. The fourth-order valence-corrected chi connectivity index (χ4v) is 5.90. The lowest BCUT2D eigenvalue weighted by Gasteiger charge is -2.32. The molecule has 1 unspecified atom stereocenters. The second kappa shape index (κ2) is 14.0. The number of nitrogens with zero attached hydrogens (tertiary/aromatic N) is 2. The molecule has 0 bridgehead atoms. The maximum absolute atomic E-state index is 14.0. The van der Waals surface area contributed by atoms with Gasteiger partial charge in [-0.2, -0.15) is 0 Å². The van der Waals surface area contributed by atoms with Crippen LogP contribution < -0.4 is 14.4 Å². The first-order valence-electron chi connectivity index (χ1n) is 13.4. The van der Waals surface area contributed by atoms with Crippen LogP contribution in [-0.2, 0) is 26.2 Å². The van der Waals surface area contributed by atoms with Crippen molar-refractivity contribution in [1.82, 2.24) is 10.2 Å². The number of halogens is 1. The fraction of sp³-hybridized carbons (Fsp3) is 0.188. The zero-order chi connectivity index (χ0) is 30.1. The van der Waals surface area contributed by atoms with E-state index in [0.29, 0.717) is 28.6 Å². The summed E-state index contributed by atoms with van der Waals surface area (Å²) in [6.07, 6.45) is 0. The molecular weight excluding hydrogens is 574 g/mol. The lowest BCUT2D eigenvalue weighted by atomic mass is 10.1. The minimum Gasteiger partial charge on any atom is -0.457 e. The molecule has 0 saturated heterocycles. The van der Waals surface area contributed by atoms with Crippen molar-refractivity contribution in [2.75, 3.05) is 17.4 Å². The Morgan fingerprint density at radius 2 is 1.40 bits per heavy atom. The molecule has 4 aromatic carbocycles. The molecule has 4 rings (SSSR count). The van der Waals surface area contributed by atoms with Crippen molar-refractivity contribution >= 4 is 39.1 Å². The van der Waals surface area contributed by atoms with Gasteiger partial charge in [-0.15, -0.1) is 0 Å². The van der Waals surface area contributed by atoms with Crippen LogP contribution >= 0.6 is 11.6 Å². The van der Waals surface area contributed by atoms with E-state index in [1.807, 2.05) is 30.3 Å². The monoisotopic (exact) mass is 605 g/mol. The van der Waals surface area contributed by atoms with E-state index in [1.165, 1.54) is 17.0 Å². The highest BCUT2D eigenvalue weighted by Crippen LogP contribution is 2.29. The van der Waals surface area contributed by atoms with E-state index in [1.54, 1.807) is 80.6 Å². The van der Waals surface area contributed by atoms with E-state index in [2.05, 4.69) is 5.32 Å². The molecule has 0 aliphatic heterocycles. The average Bonchev–Trinajstić information content (AvgIpc) is 3.00. The van der Waals surface area contributed by atoms with Crippen LogP contribution in [0.3, 0.4) is 0 Å². The molecule has 0 aliphatic rings. The zero-order valence-corrected chi connectivity index (χ0v) is 24.9. The zero-order valence-electron chi connectivity index (χ0n) is 23.3. The van der Waals surface area contributed by atoms with Gasteiger partial charge in [0.15, 0.2) is 0 Å². The smallest absolute Gasteiger partial charge is 0.264 e. The summed E-state index contributed by atoms with van der Waals surface area (Å²) in [5, 5.41) is 3.17. The lowest BCUT2D eigenvalue weighted by Crippen LogP contribution is -2.51. The van der Waals surface area contributed by atoms with Gasteiger partial charge in [0, 0.05) is 18.1 Å². The number of anilines is 1.